The van der Waals surface area contributed by atoms with Crippen LogP contribution >= 0.6 is 11.6 Å². The molecule has 0 radical (unpaired) electrons. The molecule has 0 heterocycles. The van der Waals surface area contributed by atoms with E-state index < -0.39 is 0 Å². The highest BCUT2D eigenvalue weighted by Crippen LogP contribution is 2.45. The number of benzene rings is 1. The Kier molecular flexibility index (Phi) is 3.32. The zero-order valence-corrected chi connectivity index (χ0v) is 9.98. The van der Waals surface area contributed by atoms with Crippen molar-refractivity contribution in [3.8, 4) is 0 Å². The summed E-state index contributed by atoms with van der Waals surface area (Å²) >= 11 is 5.92. The van der Waals surface area contributed by atoms with Gasteiger partial charge in [0, 0.05) is 19.0 Å². The van der Waals surface area contributed by atoms with Crippen LogP contribution in [0.4, 0.5) is 0 Å². The number of alkyl halides is 1. The van der Waals surface area contributed by atoms with Gasteiger partial charge in [0.15, 0.2) is 0 Å². The van der Waals surface area contributed by atoms with E-state index in [1.807, 2.05) is 0 Å². The molecule has 0 aliphatic heterocycles. The van der Waals surface area contributed by atoms with Crippen molar-refractivity contribution in [3.63, 3.8) is 0 Å². The standard InChI is InChI=1S/C13H18ClN/c1-11-2-4-12(5-3-11)8-15-10-13(9-14)6-7-13/h2-5,15H,6-10H2,1H3. The summed E-state index contributed by atoms with van der Waals surface area (Å²) in [5.74, 6) is 0.800. The van der Waals surface area contributed by atoms with E-state index in [0.717, 1.165) is 19.0 Å². The molecule has 1 saturated carbocycles. The van der Waals surface area contributed by atoms with Gasteiger partial charge in [0.2, 0.25) is 0 Å². The second kappa shape index (κ2) is 4.54. The van der Waals surface area contributed by atoms with Gasteiger partial charge in [0.1, 0.15) is 0 Å². The van der Waals surface area contributed by atoms with Crippen molar-refractivity contribution in [2.75, 3.05) is 12.4 Å². The molecule has 1 aromatic rings. The summed E-state index contributed by atoms with van der Waals surface area (Å²) in [5.41, 5.74) is 3.09. The predicted octanol–water partition coefficient (Wildman–Crippen LogP) is 3.10. The summed E-state index contributed by atoms with van der Waals surface area (Å²) in [6.07, 6.45) is 2.58. The van der Waals surface area contributed by atoms with Crippen LogP contribution in [0.25, 0.3) is 0 Å². The fourth-order valence-corrected chi connectivity index (χ4v) is 2.07. The number of aryl methyl sites for hydroxylation is 1. The Labute approximate surface area is 96.8 Å². The third-order valence-corrected chi connectivity index (χ3v) is 3.76. The van der Waals surface area contributed by atoms with Gasteiger partial charge in [-0.15, -0.1) is 11.6 Å². The normalized spacial score (nSPS) is 17.7. The fourth-order valence-electron chi connectivity index (χ4n) is 1.71. The first-order valence-electron chi connectivity index (χ1n) is 5.56. The van der Waals surface area contributed by atoms with Gasteiger partial charge in [0.25, 0.3) is 0 Å². The molecule has 1 N–H and O–H groups in total. The van der Waals surface area contributed by atoms with Crippen LogP contribution in [-0.4, -0.2) is 12.4 Å². The molecule has 0 spiro atoms. The summed E-state index contributed by atoms with van der Waals surface area (Å²) in [4.78, 5) is 0. The highest BCUT2D eigenvalue weighted by atomic mass is 35.5. The third-order valence-electron chi connectivity index (χ3n) is 3.19. The summed E-state index contributed by atoms with van der Waals surface area (Å²) < 4.78 is 0. The highest BCUT2D eigenvalue weighted by Gasteiger charge is 2.40. The molecule has 1 nitrogen and oxygen atoms in total. The van der Waals surface area contributed by atoms with Gasteiger partial charge >= 0.3 is 0 Å². The number of nitrogens with one attached hydrogen (secondary N) is 1. The average Bonchev–Trinajstić information content (AvgIpc) is 3.02. The Morgan fingerprint density at radius 1 is 1.27 bits per heavy atom. The Balaban J connectivity index is 1.76. The van der Waals surface area contributed by atoms with Crippen LogP contribution in [0.2, 0.25) is 0 Å². The lowest BCUT2D eigenvalue weighted by molar-refractivity contribution is 0.505. The largest absolute Gasteiger partial charge is 0.312 e. The SMILES string of the molecule is Cc1ccc(CNCC2(CCl)CC2)cc1. The summed E-state index contributed by atoms with van der Waals surface area (Å²) in [5, 5.41) is 3.49. The number of hydrogen-bond acceptors (Lipinski definition) is 1. The van der Waals surface area contributed by atoms with E-state index in [2.05, 4.69) is 36.5 Å². The minimum Gasteiger partial charge on any atom is -0.312 e. The number of hydrogen-bond donors (Lipinski definition) is 1. The van der Waals surface area contributed by atoms with Gasteiger partial charge in [0.05, 0.1) is 0 Å². The molecule has 0 unspecified atom stereocenters. The third kappa shape index (κ3) is 2.96. The molecule has 0 amide bonds. The van der Waals surface area contributed by atoms with Crippen molar-refractivity contribution >= 4 is 11.6 Å². The Morgan fingerprint density at radius 2 is 1.93 bits per heavy atom. The number of halogens is 1. The molecule has 0 bridgehead atoms. The first-order chi connectivity index (χ1) is 7.24. The van der Waals surface area contributed by atoms with E-state index in [9.17, 15) is 0 Å². The summed E-state index contributed by atoms with van der Waals surface area (Å²) in [6.45, 7) is 4.13. The van der Waals surface area contributed by atoms with Crippen LogP contribution in [-0.2, 0) is 6.54 Å². The van der Waals surface area contributed by atoms with Gasteiger partial charge in [-0.05, 0) is 30.7 Å². The van der Waals surface area contributed by atoms with Crippen molar-refractivity contribution < 1.29 is 0 Å². The van der Waals surface area contributed by atoms with Gasteiger partial charge in [-0.25, -0.2) is 0 Å². The minimum absolute atomic E-state index is 0.423. The average molecular weight is 224 g/mol. The van der Waals surface area contributed by atoms with Gasteiger partial charge < -0.3 is 5.32 Å². The zero-order valence-electron chi connectivity index (χ0n) is 9.22. The van der Waals surface area contributed by atoms with E-state index >= 15 is 0 Å². The lowest BCUT2D eigenvalue weighted by atomic mass is 10.1. The van der Waals surface area contributed by atoms with Crippen LogP contribution in [0.3, 0.4) is 0 Å². The summed E-state index contributed by atoms with van der Waals surface area (Å²) in [7, 11) is 0. The first-order valence-corrected chi connectivity index (χ1v) is 6.10. The van der Waals surface area contributed by atoms with Crippen LogP contribution in [0.1, 0.15) is 24.0 Å². The molecule has 2 heteroatoms. The summed E-state index contributed by atoms with van der Waals surface area (Å²) in [6, 6.07) is 8.68. The van der Waals surface area contributed by atoms with Crippen molar-refractivity contribution in [2.24, 2.45) is 5.41 Å². The van der Waals surface area contributed by atoms with E-state index in [4.69, 9.17) is 11.6 Å². The smallest absolute Gasteiger partial charge is 0.0292 e. The maximum atomic E-state index is 5.92. The lowest BCUT2D eigenvalue weighted by Crippen LogP contribution is -2.24. The molecule has 1 fully saturated rings. The second-order valence-corrected chi connectivity index (χ2v) is 4.99. The highest BCUT2D eigenvalue weighted by molar-refractivity contribution is 6.18. The van der Waals surface area contributed by atoms with E-state index in [1.54, 1.807) is 0 Å². The van der Waals surface area contributed by atoms with E-state index in [0.29, 0.717) is 5.41 Å². The molecule has 0 aromatic heterocycles. The second-order valence-electron chi connectivity index (χ2n) is 4.72. The van der Waals surface area contributed by atoms with Crippen LogP contribution in [0.5, 0.6) is 0 Å². The van der Waals surface area contributed by atoms with Crippen molar-refractivity contribution in [3.05, 3.63) is 35.4 Å². The maximum Gasteiger partial charge on any atom is 0.0292 e. The Morgan fingerprint density at radius 3 is 2.47 bits per heavy atom. The molecular formula is C13H18ClN. The quantitative estimate of drug-likeness (QED) is 0.757. The first kappa shape index (κ1) is 11.0. The topological polar surface area (TPSA) is 12.0 Å². The Hall–Kier alpha value is -0.530. The molecule has 15 heavy (non-hydrogen) atoms. The van der Waals surface area contributed by atoms with Crippen LogP contribution in [0.15, 0.2) is 24.3 Å². The van der Waals surface area contributed by atoms with Crippen molar-refractivity contribution in [1.29, 1.82) is 0 Å². The lowest BCUT2D eigenvalue weighted by Gasteiger charge is -2.12. The number of rotatable bonds is 5. The Bertz CT molecular complexity index is 314. The van der Waals surface area contributed by atoms with Gasteiger partial charge in [-0.2, -0.15) is 0 Å². The van der Waals surface area contributed by atoms with E-state index in [1.165, 1.54) is 24.0 Å². The molecule has 1 aliphatic rings. The molecule has 1 aromatic carbocycles. The van der Waals surface area contributed by atoms with E-state index in [-0.39, 0.29) is 0 Å². The zero-order chi connectivity index (χ0) is 10.7. The van der Waals surface area contributed by atoms with Crippen molar-refractivity contribution in [1.82, 2.24) is 5.32 Å². The molecule has 0 atom stereocenters. The van der Waals surface area contributed by atoms with Crippen LogP contribution in [0, 0.1) is 12.3 Å². The molecule has 0 saturated heterocycles. The molecule has 2 rings (SSSR count). The van der Waals surface area contributed by atoms with Crippen LogP contribution < -0.4 is 5.32 Å². The molecular weight excluding hydrogens is 206 g/mol. The van der Waals surface area contributed by atoms with Gasteiger partial charge in [-0.1, -0.05) is 29.8 Å². The fraction of sp³-hybridized carbons (Fsp3) is 0.538. The van der Waals surface area contributed by atoms with Gasteiger partial charge in [-0.3, -0.25) is 0 Å². The monoisotopic (exact) mass is 223 g/mol. The van der Waals surface area contributed by atoms with Crippen molar-refractivity contribution in [2.45, 2.75) is 26.3 Å². The molecule has 82 valence electrons. The minimum atomic E-state index is 0.423. The maximum absolute atomic E-state index is 5.92. The molecule has 1 aliphatic carbocycles. The predicted molar refractivity (Wildman–Crippen MR) is 65.3 cm³/mol.